The standard InChI is InChI=1S/C22H17BrF3NO3S2/c1-3-8-30-19-16(23)9-13(10-17(19)29-4-2)11-18-20(28)27(21(31)32-18)15-7-5-6-14(12-15)22(24,25)26/h3,5-7,9-12H,1,4,8H2,2H3/b18-11-. The van der Waals surface area contributed by atoms with Crippen LogP contribution in [-0.2, 0) is 11.0 Å². The first-order valence-corrected chi connectivity index (χ1v) is 11.3. The molecule has 0 spiro atoms. The van der Waals surface area contributed by atoms with Crippen molar-refractivity contribution in [3.63, 3.8) is 0 Å². The summed E-state index contributed by atoms with van der Waals surface area (Å²) in [6.07, 6.45) is -1.31. The van der Waals surface area contributed by atoms with Crippen LogP contribution in [0, 0.1) is 0 Å². The highest BCUT2D eigenvalue weighted by Gasteiger charge is 2.36. The molecular weight excluding hydrogens is 527 g/mol. The lowest BCUT2D eigenvalue weighted by atomic mass is 10.1. The van der Waals surface area contributed by atoms with Crippen LogP contribution in [0.15, 0.2) is 58.4 Å². The van der Waals surface area contributed by atoms with Crippen LogP contribution in [0.4, 0.5) is 18.9 Å². The molecule has 0 bridgehead atoms. The molecule has 2 aromatic carbocycles. The van der Waals surface area contributed by atoms with Crippen LogP contribution in [0.1, 0.15) is 18.1 Å². The highest BCUT2D eigenvalue weighted by molar-refractivity contribution is 9.10. The first kappa shape index (κ1) is 24.3. The lowest BCUT2D eigenvalue weighted by Crippen LogP contribution is -2.27. The van der Waals surface area contributed by atoms with Gasteiger partial charge in [0.15, 0.2) is 15.8 Å². The van der Waals surface area contributed by atoms with Gasteiger partial charge in [0.2, 0.25) is 0 Å². The van der Waals surface area contributed by atoms with Crippen LogP contribution in [0.2, 0.25) is 0 Å². The van der Waals surface area contributed by atoms with Gasteiger partial charge in [0.25, 0.3) is 5.91 Å². The second-order valence-corrected chi connectivity index (χ2v) is 8.96. The average Bonchev–Trinajstić information content (AvgIpc) is 3.00. The summed E-state index contributed by atoms with van der Waals surface area (Å²) >= 11 is 9.74. The molecule has 4 nitrogen and oxygen atoms in total. The molecule has 2 aromatic rings. The minimum atomic E-state index is -4.52. The van der Waals surface area contributed by atoms with Gasteiger partial charge in [-0.1, -0.05) is 42.7 Å². The van der Waals surface area contributed by atoms with E-state index in [2.05, 4.69) is 22.5 Å². The zero-order chi connectivity index (χ0) is 23.5. The van der Waals surface area contributed by atoms with Gasteiger partial charge in [0, 0.05) is 0 Å². The predicted molar refractivity (Wildman–Crippen MR) is 128 cm³/mol. The molecule has 1 aliphatic rings. The number of thiocarbonyl (C=S) groups is 1. The zero-order valence-corrected chi connectivity index (χ0v) is 20.0. The normalized spacial score (nSPS) is 15.4. The highest BCUT2D eigenvalue weighted by atomic mass is 79.9. The lowest BCUT2D eigenvalue weighted by Gasteiger charge is -2.16. The summed E-state index contributed by atoms with van der Waals surface area (Å²) in [6.45, 7) is 6.14. The number of thioether (sulfide) groups is 1. The average molecular weight is 544 g/mol. The molecule has 10 heteroatoms. The van der Waals surface area contributed by atoms with E-state index in [0.29, 0.717) is 28.1 Å². The number of halogens is 4. The van der Waals surface area contributed by atoms with Crippen molar-refractivity contribution in [1.82, 2.24) is 0 Å². The Bertz CT molecular complexity index is 1100. The van der Waals surface area contributed by atoms with Crippen molar-refractivity contribution in [2.75, 3.05) is 18.1 Å². The van der Waals surface area contributed by atoms with Crippen molar-refractivity contribution in [3.8, 4) is 11.5 Å². The zero-order valence-electron chi connectivity index (χ0n) is 16.7. The summed E-state index contributed by atoms with van der Waals surface area (Å²) in [6, 6.07) is 7.97. The Morgan fingerprint density at radius 3 is 2.66 bits per heavy atom. The summed E-state index contributed by atoms with van der Waals surface area (Å²) in [5.74, 6) is 0.476. The van der Waals surface area contributed by atoms with Crippen LogP contribution in [0.3, 0.4) is 0 Å². The topological polar surface area (TPSA) is 38.8 Å². The smallest absolute Gasteiger partial charge is 0.416 e. The summed E-state index contributed by atoms with van der Waals surface area (Å²) in [4.78, 5) is 14.4. The third-order valence-corrected chi connectivity index (χ3v) is 6.09. The molecule has 0 radical (unpaired) electrons. The Kier molecular flexibility index (Phi) is 7.68. The van der Waals surface area contributed by atoms with Gasteiger partial charge in [0.05, 0.1) is 27.2 Å². The monoisotopic (exact) mass is 543 g/mol. The van der Waals surface area contributed by atoms with Gasteiger partial charge < -0.3 is 9.47 Å². The van der Waals surface area contributed by atoms with E-state index in [4.69, 9.17) is 21.7 Å². The van der Waals surface area contributed by atoms with Crippen molar-refractivity contribution in [2.45, 2.75) is 13.1 Å². The van der Waals surface area contributed by atoms with E-state index < -0.39 is 17.6 Å². The molecule has 168 valence electrons. The number of amides is 1. The summed E-state index contributed by atoms with van der Waals surface area (Å²) in [5.41, 5.74) is -0.153. The van der Waals surface area contributed by atoms with Gasteiger partial charge in [-0.15, -0.1) is 0 Å². The van der Waals surface area contributed by atoms with Crippen molar-refractivity contribution in [2.24, 2.45) is 0 Å². The summed E-state index contributed by atoms with van der Waals surface area (Å²) in [7, 11) is 0. The minimum Gasteiger partial charge on any atom is -0.490 e. The van der Waals surface area contributed by atoms with Crippen LogP contribution in [0.25, 0.3) is 6.08 Å². The number of alkyl halides is 3. The van der Waals surface area contributed by atoms with E-state index in [0.717, 1.165) is 28.8 Å². The minimum absolute atomic E-state index is 0.0649. The second kappa shape index (κ2) is 10.1. The van der Waals surface area contributed by atoms with Gasteiger partial charge >= 0.3 is 6.18 Å². The quantitative estimate of drug-likeness (QED) is 0.217. The molecule has 1 saturated heterocycles. The maximum absolute atomic E-state index is 13.1. The fourth-order valence-corrected chi connectivity index (χ4v) is 4.75. The third-order valence-electron chi connectivity index (χ3n) is 4.20. The van der Waals surface area contributed by atoms with E-state index >= 15 is 0 Å². The maximum Gasteiger partial charge on any atom is 0.416 e. The summed E-state index contributed by atoms with van der Waals surface area (Å²) in [5, 5.41) is 0. The Balaban J connectivity index is 1.95. The Morgan fingerprint density at radius 2 is 2.00 bits per heavy atom. The first-order chi connectivity index (χ1) is 15.2. The van der Waals surface area contributed by atoms with Gasteiger partial charge in [-0.2, -0.15) is 13.2 Å². The number of anilines is 1. The van der Waals surface area contributed by atoms with Crippen LogP contribution < -0.4 is 14.4 Å². The molecule has 0 aromatic heterocycles. The molecule has 0 N–H and O–H groups in total. The van der Waals surface area contributed by atoms with Gasteiger partial charge in [-0.3, -0.25) is 9.69 Å². The second-order valence-electron chi connectivity index (χ2n) is 6.43. The molecule has 0 saturated carbocycles. The number of carbonyl (C=O) groups is 1. The van der Waals surface area contributed by atoms with Crippen LogP contribution >= 0.6 is 39.9 Å². The molecular formula is C22H17BrF3NO3S2. The predicted octanol–water partition coefficient (Wildman–Crippen LogP) is 6.84. The Morgan fingerprint density at radius 1 is 1.25 bits per heavy atom. The molecule has 1 fully saturated rings. The maximum atomic E-state index is 13.1. The fraction of sp³-hybridized carbons (Fsp3) is 0.182. The largest absolute Gasteiger partial charge is 0.490 e. The van der Waals surface area contributed by atoms with Crippen molar-refractivity contribution in [1.29, 1.82) is 0 Å². The third kappa shape index (κ3) is 5.36. The fourth-order valence-electron chi connectivity index (χ4n) is 2.88. The molecule has 0 atom stereocenters. The number of nitrogens with zero attached hydrogens (tertiary/aromatic N) is 1. The molecule has 3 rings (SSSR count). The number of ether oxygens (including phenoxy) is 2. The van der Waals surface area contributed by atoms with E-state index in [1.807, 2.05) is 6.92 Å². The van der Waals surface area contributed by atoms with Crippen LogP contribution in [0.5, 0.6) is 11.5 Å². The van der Waals surface area contributed by atoms with E-state index in [-0.39, 0.29) is 21.5 Å². The van der Waals surface area contributed by atoms with Gasteiger partial charge in [0.1, 0.15) is 6.61 Å². The van der Waals surface area contributed by atoms with E-state index in [1.165, 1.54) is 12.1 Å². The lowest BCUT2D eigenvalue weighted by molar-refractivity contribution is -0.137. The highest BCUT2D eigenvalue weighted by Crippen LogP contribution is 2.41. The number of carbonyl (C=O) groups excluding carboxylic acids is 1. The molecule has 1 heterocycles. The number of rotatable bonds is 7. The number of hydrogen-bond acceptors (Lipinski definition) is 5. The van der Waals surface area contributed by atoms with Crippen molar-refractivity contribution in [3.05, 3.63) is 69.6 Å². The molecule has 32 heavy (non-hydrogen) atoms. The molecule has 0 unspecified atom stereocenters. The van der Waals surface area contributed by atoms with Gasteiger partial charge in [-0.25, -0.2) is 0 Å². The van der Waals surface area contributed by atoms with Gasteiger partial charge in [-0.05, 0) is 64.8 Å². The van der Waals surface area contributed by atoms with Crippen molar-refractivity contribution < 1.29 is 27.4 Å². The number of hydrogen-bond donors (Lipinski definition) is 0. The molecule has 0 aliphatic carbocycles. The first-order valence-electron chi connectivity index (χ1n) is 9.31. The van der Waals surface area contributed by atoms with E-state index in [9.17, 15) is 18.0 Å². The Labute approximate surface area is 201 Å². The molecule has 1 aliphatic heterocycles. The SMILES string of the molecule is C=CCOc1c(Br)cc(/C=C2\SC(=S)N(c3cccc(C(F)(F)F)c3)C2=O)cc1OCC. The van der Waals surface area contributed by atoms with Crippen LogP contribution in [-0.4, -0.2) is 23.4 Å². The number of benzene rings is 2. The van der Waals surface area contributed by atoms with E-state index in [1.54, 1.807) is 24.3 Å². The summed E-state index contributed by atoms with van der Waals surface area (Å²) < 4.78 is 51.3. The Hall–Kier alpha value is -2.30. The molecule has 1 amide bonds. The van der Waals surface area contributed by atoms with Crippen molar-refractivity contribution >= 4 is 61.9 Å².